The van der Waals surface area contributed by atoms with E-state index in [-0.39, 0.29) is 47.7 Å². The topological polar surface area (TPSA) is 74.6 Å². The van der Waals surface area contributed by atoms with Gasteiger partial charge in [-0.1, -0.05) is 0 Å². The van der Waals surface area contributed by atoms with Crippen molar-refractivity contribution in [2.24, 2.45) is 10.4 Å². The first-order valence-electron chi connectivity index (χ1n) is 9.17. The van der Waals surface area contributed by atoms with Crippen molar-refractivity contribution >= 4 is 35.8 Å². The van der Waals surface area contributed by atoms with Gasteiger partial charge in [0.15, 0.2) is 5.96 Å². The molecule has 0 radical (unpaired) electrons. The van der Waals surface area contributed by atoms with E-state index in [1.54, 1.807) is 0 Å². The van der Waals surface area contributed by atoms with Crippen LogP contribution in [0.2, 0.25) is 0 Å². The number of hydrogen-bond donors (Lipinski definition) is 2. The Morgan fingerprint density at radius 3 is 2.89 bits per heavy atom. The highest BCUT2D eigenvalue weighted by Gasteiger charge is 2.42. The number of nitrogens with one attached hydrogen (secondary N) is 2. The maximum atomic E-state index is 12.7. The quantitative estimate of drug-likeness (QED) is 0.367. The van der Waals surface area contributed by atoms with Gasteiger partial charge in [-0.2, -0.15) is 13.2 Å². The lowest BCUT2D eigenvalue weighted by Gasteiger charge is -2.40. The van der Waals surface area contributed by atoms with Crippen LogP contribution in [-0.4, -0.2) is 58.7 Å². The van der Waals surface area contributed by atoms with Crippen LogP contribution < -0.4 is 10.6 Å². The highest BCUT2D eigenvalue weighted by Crippen LogP contribution is 2.36. The Kier molecular flexibility index (Phi) is 7.57. The van der Waals surface area contributed by atoms with Gasteiger partial charge in [0.25, 0.3) is 0 Å². The average Bonchev–Trinajstić information content (AvgIpc) is 3.16. The zero-order valence-corrected chi connectivity index (χ0v) is 18.1. The number of carbonyl (C=O) groups is 1. The number of aliphatic imine (C=N–C) groups is 1. The molecule has 1 amide bonds. The number of hydrogen-bond acceptors (Lipinski definition) is 3. The lowest BCUT2D eigenvalue weighted by Crippen LogP contribution is -2.51. The number of guanidine groups is 1. The summed E-state index contributed by atoms with van der Waals surface area (Å²) in [5.41, 5.74) is -0.0831. The number of alkyl halides is 3. The fraction of sp³-hybridized carbons (Fsp3) is 0.706. The fourth-order valence-electron chi connectivity index (χ4n) is 3.83. The number of carbonyl (C=O) groups excluding carboxylic acids is 1. The van der Waals surface area contributed by atoms with E-state index >= 15 is 0 Å². The predicted molar refractivity (Wildman–Crippen MR) is 109 cm³/mol. The third kappa shape index (κ3) is 5.74. The first-order valence-corrected chi connectivity index (χ1v) is 9.17. The fourth-order valence-corrected chi connectivity index (χ4v) is 3.83. The van der Waals surface area contributed by atoms with Gasteiger partial charge < -0.3 is 20.1 Å². The Morgan fingerprint density at radius 1 is 1.46 bits per heavy atom. The van der Waals surface area contributed by atoms with Crippen LogP contribution in [0.4, 0.5) is 13.2 Å². The monoisotopic (exact) mass is 514 g/mol. The number of nitrogens with zero attached hydrogens (tertiary/aromatic N) is 4. The number of aromatic nitrogens is 2. The maximum absolute atomic E-state index is 12.7. The lowest BCUT2D eigenvalue weighted by molar-refractivity contribution is -0.141. The van der Waals surface area contributed by atoms with Crippen LogP contribution in [0.3, 0.4) is 0 Å². The summed E-state index contributed by atoms with van der Waals surface area (Å²) in [4.78, 5) is 22.3. The van der Waals surface area contributed by atoms with Crippen molar-refractivity contribution in [2.45, 2.75) is 45.5 Å². The number of amides is 1. The van der Waals surface area contributed by atoms with Gasteiger partial charge in [0, 0.05) is 50.4 Å². The molecule has 0 aromatic carbocycles. The van der Waals surface area contributed by atoms with Gasteiger partial charge in [0.2, 0.25) is 5.91 Å². The van der Waals surface area contributed by atoms with Gasteiger partial charge in [-0.25, -0.2) is 9.98 Å². The van der Waals surface area contributed by atoms with E-state index < -0.39 is 12.7 Å². The zero-order chi connectivity index (χ0) is 19.5. The van der Waals surface area contributed by atoms with E-state index in [1.165, 1.54) is 12.4 Å². The van der Waals surface area contributed by atoms with Gasteiger partial charge in [-0.05, 0) is 19.8 Å². The SMILES string of the molecule is CCNC(=NCc1nccn1CC(F)(F)F)N1CCCC2(CNC(=O)C2)C1.I. The van der Waals surface area contributed by atoms with Crippen LogP contribution in [0.25, 0.3) is 0 Å². The van der Waals surface area contributed by atoms with E-state index in [9.17, 15) is 18.0 Å². The molecule has 2 aliphatic rings. The third-order valence-corrected chi connectivity index (χ3v) is 5.01. The molecule has 3 heterocycles. The molecule has 2 N–H and O–H groups in total. The minimum absolute atomic E-state index is 0. The van der Waals surface area contributed by atoms with Crippen LogP contribution in [0, 0.1) is 5.41 Å². The van der Waals surface area contributed by atoms with Crippen molar-refractivity contribution in [3.05, 3.63) is 18.2 Å². The molecule has 1 spiro atoms. The van der Waals surface area contributed by atoms with Crippen molar-refractivity contribution in [3.8, 4) is 0 Å². The van der Waals surface area contributed by atoms with Crippen LogP contribution >= 0.6 is 24.0 Å². The van der Waals surface area contributed by atoms with Gasteiger partial charge in [-0.15, -0.1) is 24.0 Å². The molecule has 158 valence electrons. The standard InChI is InChI=1S/C17H25F3N6O.HI/c1-2-21-15(23-9-13-22-5-7-25(13)12-17(18,19)20)26-6-3-4-16(11-26)8-14(27)24-10-16;/h5,7H,2-4,6,8-12H2,1H3,(H,21,23)(H,24,27);1H. The van der Waals surface area contributed by atoms with Crippen LogP contribution in [-0.2, 0) is 17.9 Å². The number of halogens is 4. The van der Waals surface area contributed by atoms with Crippen molar-refractivity contribution < 1.29 is 18.0 Å². The van der Waals surface area contributed by atoms with E-state index in [4.69, 9.17) is 0 Å². The highest BCUT2D eigenvalue weighted by atomic mass is 127. The summed E-state index contributed by atoms with van der Waals surface area (Å²) in [6.45, 7) is 3.75. The van der Waals surface area contributed by atoms with Gasteiger partial charge in [0.05, 0.1) is 0 Å². The summed E-state index contributed by atoms with van der Waals surface area (Å²) in [6.07, 6.45) is 0.815. The summed E-state index contributed by atoms with van der Waals surface area (Å²) in [7, 11) is 0. The van der Waals surface area contributed by atoms with Crippen molar-refractivity contribution in [2.75, 3.05) is 26.2 Å². The second kappa shape index (κ2) is 9.31. The normalized spacial score (nSPS) is 22.9. The minimum atomic E-state index is -4.30. The summed E-state index contributed by atoms with van der Waals surface area (Å²) >= 11 is 0. The Morgan fingerprint density at radius 2 is 2.25 bits per heavy atom. The summed E-state index contributed by atoms with van der Waals surface area (Å²) in [5, 5.41) is 6.12. The smallest absolute Gasteiger partial charge is 0.357 e. The van der Waals surface area contributed by atoms with Crippen LogP contribution in [0.5, 0.6) is 0 Å². The molecule has 1 aromatic rings. The van der Waals surface area contributed by atoms with E-state index in [0.29, 0.717) is 32.0 Å². The molecule has 1 atom stereocenters. The average molecular weight is 514 g/mol. The van der Waals surface area contributed by atoms with Crippen LogP contribution in [0.15, 0.2) is 17.4 Å². The minimum Gasteiger partial charge on any atom is -0.357 e. The first-order chi connectivity index (χ1) is 12.8. The van der Waals surface area contributed by atoms with E-state index in [0.717, 1.165) is 24.0 Å². The second-order valence-corrected chi connectivity index (χ2v) is 7.24. The number of rotatable bonds is 4. The third-order valence-electron chi connectivity index (χ3n) is 5.01. The lowest BCUT2D eigenvalue weighted by atomic mass is 9.79. The molecule has 2 saturated heterocycles. The zero-order valence-electron chi connectivity index (χ0n) is 15.8. The highest BCUT2D eigenvalue weighted by molar-refractivity contribution is 14.0. The molecule has 11 heteroatoms. The molecule has 2 aliphatic heterocycles. The predicted octanol–water partition coefficient (Wildman–Crippen LogP) is 2.13. The Balaban J connectivity index is 0.00000280. The number of likely N-dealkylation sites (tertiary alicyclic amines) is 1. The Labute approximate surface area is 179 Å². The Bertz CT molecular complexity index is 707. The molecule has 1 aromatic heterocycles. The second-order valence-electron chi connectivity index (χ2n) is 7.24. The molecule has 3 rings (SSSR count). The van der Waals surface area contributed by atoms with Gasteiger partial charge in [-0.3, -0.25) is 4.79 Å². The van der Waals surface area contributed by atoms with Crippen molar-refractivity contribution in [1.82, 2.24) is 25.1 Å². The van der Waals surface area contributed by atoms with Crippen LogP contribution in [0.1, 0.15) is 32.0 Å². The molecule has 2 fully saturated rings. The first kappa shape index (κ1) is 22.8. The molecule has 0 bridgehead atoms. The van der Waals surface area contributed by atoms with E-state index in [1.807, 2.05) is 6.92 Å². The Hall–Kier alpha value is -1.53. The molecule has 0 aliphatic carbocycles. The molecular weight excluding hydrogens is 488 g/mol. The van der Waals surface area contributed by atoms with Crippen molar-refractivity contribution in [3.63, 3.8) is 0 Å². The van der Waals surface area contributed by atoms with E-state index in [2.05, 4.69) is 25.5 Å². The van der Waals surface area contributed by atoms with Gasteiger partial charge >= 0.3 is 6.18 Å². The molecule has 28 heavy (non-hydrogen) atoms. The summed E-state index contributed by atoms with van der Waals surface area (Å²) in [5.74, 6) is 0.998. The summed E-state index contributed by atoms with van der Waals surface area (Å²) in [6, 6.07) is 0. The molecule has 7 nitrogen and oxygen atoms in total. The summed E-state index contributed by atoms with van der Waals surface area (Å²) < 4.78 is 39.1. The van der Waals surface area contributed by atoms with Gasteiger partial charge in [0.1, 0.15) is 18.9 Å². The molecular formula is C17H26F3IN6O. The largest absolute Gasteiger partial charge is 0.406 e. The molecule has 0 saturated carbocycles. The van der Waals surface area contributed by atoms with Crippen molar-refractivity contribution in [1.29, 1.82) is 0 Å². The number of imidazole rings is 1. The maximum Gasteiger partial charge on any atom is 0.406 e. The number of piperidine rings is 1. The molecule has 1 unspecified atom stereocenters.